The van der Waals surface area contributed by atoms with Gasteiger partial charge in [-0.3, -0.25) is 14.9 Å². The van der Waals surface area contributed by atoms with Gasteiger partial charge in [-0.2, -0.15) is 0 Å². The van der Waals surface area contributed by atoms with Crippen LogP contribution in [0, 0.1) is 5.92 Å². The molecule has 1 unspecified atom stereocenters. The Morgan fingerprint density at radius 2 is 1.83 bits per heavy atom. The van der Waals surface area contributed by atoms with Crippen molar-refractivity contribution in [3.8, 4) is 0 Å². The molecule has 3 amide bonds. The number of imide groups is 1. The van der Waals surface area contributed by atoms with Gasteiger partial charge >= 0.3 is 12.0 Å². The Hall–Kier alpha value is -1.59. The minimum Gasteiger partial charge on any atom is -0.452 e. The van der Waals surface area contributed by atoms with E-state index in [9.17, 15) is 14.4 Å². The SMILES string of the molecule is CC(OC(=O)C1CCC1)C(=O)NC(=O)NC1CC1. The van der Waals surface area contributed by atoms with Gasteiger partial charge in [0.2, 0.25) is 0 Å². The smallest absolute Gasteiger partial charge is 0.321 e. The molecule has 0 heterocycles. The molecule has 2 aliphatic carbocycles. The second kappa shape index (κ2) is 5.37. The molecular weight excluding hydrogens is 236 g/mol. The zero-order chi connectivity index (χ0) is 13.1. The number of carbonyl (C=O) groups is 3. The fourth-order valence-electron chi connectivity index (χ4n) is 1.63. The van der Waals surface area contributed by atoms with Gasteiger partial charge in [-0.15, -0.1) is 0 Å². The van der Waals surface area contributed by atoms with E-state index in [-0.39, 0.29) is 17.9 Å². The van der Waals surface area contributed by atoms with Gasteiger partial charge in [-0.1, -0.05) is 6.42 Å². The van der Waals surface area contributed by atoms with E-state index < -0.39 is 18.0 Å². The molecule has 2 fully saturated rings. The molecule has 0 spiro atoms. The first-order chi connectivity index (χ1) is 8.56. The van der Waals surface area contributed by atoms with Crippen LogP contribution in [0.3, 0.4) is 0 Å². The Morgan fingerprint density at radius 1 is 1.17 bits per heavy atom. The first-order valence-electron chi connectivity index (χ1n) is 6.38. The lowest BCUT2D eigenvalue weighted by Crippen LogP contribution is -2.45. The largest absolute Gasteiger partial charge is 0.452 e. The van der Waals surface area contributed by atoms with Crippen molar-refractivity contribution in [1.82, 2.24) is 10.6 Å². The van der Waals surface area contributed by atoms with Crippen LogP contribution in [0.5, 0.6) is 0 Å². The second-order valence-corrected chi connectivity index (χ2v) is 4.94. The minimum absolute atomic E-state index is 0.0689. The zero-order valence-corrected chi connectivity index (χ0v) is 10.4. The normalized spacial score (nSPS) is 20.5. The summed E-state index contributed by atoms with van der Waals surface area (Å²) in [4.78, 5) is 34.4. The standard InChI is InChI=1S/C12H18N2O4/c1-7(18-11(16)8-3-2-4-8)10(15)14-12(17)13-9-5-6-9/h7-9H,2-6H2,1H3,(H2,13,14,15,17). The molecule has 0 aromatic carbocycles. The summed E-state index contributed by atoms with van der Waals surface area (Å²) in [6, 6.07) is -0.334. The molecule has 0 radical (unpaired) electrons. The van der Waals surface area contributed by atoms with Gasteiger partial charge in [-0.25, -0.2) is 4.79 Å². The summed E-state index contributed by atoms with van der Waals surface area (Å²) in [5.74, 6) is -0.993. The molecule has 0 aromatic heterocycles. The summed E-state index contributed by atoms with van der Waals surface area (Å²) in [6.07, 6.45) is 3.67. The predicted octanol–water partition coefficient (Wildman–Crippen LogP) is 0.706. The van der Waals surface area contributed by atoms with E-state index in [2.05, 4.69) is 10.6 Å². The summed E-state index contributed by atoms with van der Waals surface area (Å²) in [5, 5.41) is 4.79. The van der Waals surface area contributed by atoms with Crippen molar-refractivity contribution < 1.29 is 19.1 Å². The molecule has 6 nitrogen and oxygen atoms in total. The van der Waals surface area contributed by atoms with Crippen molar-refractivity contribution in [2.24, 2.45) is 5.92 Å². The molecule has 2 aliphatic rings. The van der Waals surface area contributed by atoms with E-state index in [1.54, 1.807) is 0 Å². The molecule has 2 N–H and O–H groups in total. The fourth-order valence-corrected chi connectivity index (χ4v) is 1.63. The highest BCUT2D eigenvalue weighted by Gasteiger charge is 2.30. The summed E-state index contributed by atoms with van der Waals surface area (Å²) in [5.41, 5.74) is 0. The Kier molecular flexibility index (Phi) is 3.84. The Bertz CT molecular complexity index is 361. The summed E-state index contributed by atoms with van der Waals surface area (Å²) in [7, 11) is 0. The van der Waals surface area contributed by atoms with E-state index in [1.807, 2.05) is 0 Å². The zero-order valence-electron chi connectivity index (χ0n) is 10.4. The van der Waals surface area contributed by atoms with Gasteiger partial charge in [0.1, 0.15) is 0 Å². The van der Waals surface area contributed by atoms with E-state index in [1.165, 1.54) is 6.92 Å². The van der Waals surface area contributed by atoms with Crippen LogP contribution in [-0.2, 0) is 14.3 Å². The summed E-state index contributed by atoms with van der Waals surface area (Å²) in [6.45, 7) is 1.47. The number of hydrogen-bond acceptors (Lipinski definition) is 4. The number of esters is 1. The van der Waals surface area contributed by atoms with Crippen LogP contribution in [0.15, 0.2) is 0 Å². The van der Waals surface area contributed by atoms with Crippen molar-refractivity contribution in [1.29, 1.82) is 0 Å². The molecular formula is C12H18N2O4. The highest BCUT2D eigenvalue weighted by molar-refractivity contribution is 5.97. The third-order valence-electron chi connectivity index (χ3n) is 3.25. The average molecular weight is 254 g/mol. The van der Waals surface area contributed by atoms with Gasteiger partial charge < -0.3 is 10.1 Å². The Labute approximate surface area is 105 Å². The fraction of sp³-hybridized carbons (Fsp3) is 0.750. The van der Waals surface area contributed by atoms with Crippen molar-refractivity contribution in [2.45, 2.75) is 51.2 Å². The average Bonchev–Trinajstić information content (AvgIpc) is 2.97. The maximum Gasteiger partial charge on any atom is 0.321 e. The highest BCUT2D eigenvalue weighted by atomic mass is 16.5. The summed E-state index contributed by atoms with van der Waals surface area (Å²) >= 11 is 0. The van der Waals surface area contributed by atoms with E-state index in [4.69, 9.17) is 4.74 Å². The van der Waals surface area contributed by atoms with Crippen molar-refractivity contribution in [3.63, 3.8) is 0 Å². The van der Waals surface area contributed by atoms with Gasteiger partial charge in [0.25, 0.3) is 5.91 Å². The predicted molar refractivity (Wildman–Crippen MR) is 62.6 cm³/mol. The van der Waals surface area contributed by atoms with Gasteiger partial charge in [-0.05, 0) is 32.6 Å². The maximum absolute atomic E-state index is 11.6. The number of nitrogens with one attached hydrogen (secondary N) is 2. The van der Waals surface area contributed by atoms with Crippen molar-refractivity contribution in [3.05, 3.63) is 0 Å². The molecule has 1 atom stereocenters. The number of amides is 3. The first-order valence-corrected chi connectivity index (χ1v) is 6.38. The third kappa shape index (κ3) is 3.45. The van der Waals surface area contributed by atoms with Crippen LogP contribution in [0.25, 0.3) is 0 Å². The van der Waals surface area contributed by atoms with Gasteiger partial charge in [0.15, 0.2) is 6.10 Å². The van der Waals surface area contributed by atoms with Crippen LogP contribution in [0.1, 0.15) is 39.0 Å². The lowest BCUT2D eigenvalue weighted by molar-refractivity contribution is -0.160. The highest BCUT2D eigenvalue weighted by Crippen LogP contribution is 2.27. The molecule has 0 aliphatic heterocycles. The topological polar surface area (TPSA) is 84.5 Å². The van der Waals surface area contributed by atoms with Crippen molar-refractivity contribution >= 4 is 17.9 Å². The van der Waals surface area contributed by atoms with E-state index >= 15 is 0 Å². The number of rotatable bonds is 4. The summed E-state index contributed by atoms with van der Waals surface area (Å²) < 4.78 is 5.01. The van der Waals surface area contributed by atoms with Gasteiger partial charge in [0, 0.05) is 6.04 Å². The van der Waals surface area contributed by atoms with Crippen LogP contribution < -0.4 is 10.6 Å². The maximum atomic E-state index is 11.6. The van der Waals surface area contributed by atoms with Crippen LogP contribution >= 0.6 is 0 Å². The quantitative estimate of drug-likeness (QED) is 0.723. The lowest BCUT2D eigenvalue weighted by Gasteiger charge is -2.24. The molecule has 0 aromatic rings. The Balaban J connectivity index is 1.69. The van der Waals surface area contributed by atoms with Crippen LogP contribution in [0.4, 0.5) is 4.79 Å². The second-order valence-electron chi connectivity index (χ2n) is 4.94. The molecule has 0 bridgehead atoms. The van der Waals surface area contributed by atoms with Crippen molar-refractivity contribution in [2.75, 3.05) is 0 Å². The monoisotopic (exact) mass is 254 g/mol. The first kappa shape index (κ1) is 12.9. The van der Waals surface area contributed by atoms with Crippen LogP contribution in [-0.4, -0.2) is 30.1 Å². The van der Waals surface area contributed by atoms with E-state index in [0.29, 0.717) is 0 Å². The number of ether oxygens (including phenoxy) is 1. The molecule has 18 heavy (non-hydrogen) atoms. The third-order valence-corrected chi connectivity index (χ3v) is 3.25. The number of urea groups is 1. The molecule has 6 heteroatoms. The molecule has 2 rings (SSSR count). The Morgan fingerprint density at radius 3 is 2.33 bits per heavy atom. The lowest BCUT2D eigenvalue weighted by atomic mass is 9.86. The number of carbonyl (C=O) groups excluding carboxylic acids is 3. The molecule has 100 valence electrons. The molecule has 2 saturated carbocycles. The van der Waals surface area contributed by atoms with Gasteiger partial charge in [0.05, 0.1) is 5.92 Å². The molecule has 0 saturated heterocycles. The van der Waals surface area contributed by atoms with Crippen LogP contribution in [0.2, 0.25) is 0 Å². The number of hydrogen-bond donors (Lipinski definition) is 2. The van der Waals surface area contributed by atoms with E-state index in [0.717, 1.165) is 32.1 Å². The minimum atomic E-state index is -0.928.